The molecular weight excluding hydrogens is 541 g/mol. The molecule has 0 spiro atoms. The molecule has 41 heavy (non-hydrogen) atoms. The first-order valence-corrected chi connectivity index (χ1v) is 20.6. The van der Waals surface area contributed by atoms with Crippen LogP contribution in [-0.4, -0.2) is 28.8 Å². The molecule has 2 aromatic rings. The average molecular weight is 597 g/mol. The smallest absolute Gasteiger partial charge is 0.171 e. The summed E-state index contributed by atoms with van der Waals surface area (Å²) in [5.41, 5.74) is 4.79. The van der Waals surface area contributed by atoms with Crippen molar-refractivity contribution >= 4 is 23.7 Å². The average Bonchev–Trinajstić information content (AvgIpc) is 2.82. The molecule has 0 aliphatic carbocycles. The molecule has 0 amide bonds. The predicted octanol–water partition coefficient (Wildman–Crippen LogP) is 9.17. The second kappa shape index (κ2) is 14.5. The van der Waals surface area contributed by atoms with Gasteiger partial charge >= 0.3 is 0 Å². The summed E-state index contributed by atoms with van der Waals surface area (Å²) in [6.45, 7) is 28.6. The van der Waals surface area contributed by atoms with E-state index < -0.39 is 23.7 Å². The van der Waals surface area contributed by atoms with Gasteiger partial charge in [0.1, 0.15) is 12.4 Å². The maximum atomic E-state index is 9.95. The fourth-order valence-corrected chi connectivity index (χ4v) is 6.94. The van der Waals surface area contributed by atoms with Gasteiger partial charge in [0.05, 0.1) is 17.8 Å². The molecule has 228 valence electrons. The van der Waals surface area contributed by atoms with Gasteiger partial charge in [0.15, 0.2) is 18.1 Å². The number of aliphatic hydroxyl groups is 1. The lowest BCUT2D eigenvalue weighted by Gasteiger charge is -2.39. The molecular formula is C35H56O4Si2. The van der Waals surface area contributed by atoms with E-state index in [1.54, 1.807) is 19.9 Å². The van der Waals surface area contributed by atoms with Gasteiger partial charge in [0.2, 0.25) is 0 Å². The molecule has 1 N–H and O–H groups in total. The van der Waals surface area contributed by atoms with Crippen molar-refractivity contribution in [3.8, 4) is 5.75 Å². The van der Waals surface area contributed by atoms with Crippen LogP contribution < -0.4 is 4.74 Å². The van der Waals surface area contributed by atoms with Gasteiger partial charge in [-0.1, -0.05) is 84.0 Å². The van der Waals surface area contributed by atoms with Crippen molar-refractivity contribution < 1.29 is 18.7 Å². The first kappa shape index (κ1) is 35.2. The molecule has 0 fully saturated rings. The number of allylic oxidation sites excluding steroid dienone is 3. The Hall–Kier alpha value is -1.97. The molecule has 2 aromatic carbocycles. The molecule has 0 aromatic heterocycles. The Morgan fingerprint density at radius 1 is 0.805 bits per heavy atom. The quantitative estimate of drug-likeness (QED) is 0.196. The van der Waals surface area contributed by atoms with Crippen LogP contribution in [0.15, 0.2) is 60.7 Å². The number of benzene rings is 2. The molecule has 0 aliphatic heterocycles. The first-order valence-electron chi connectivity index (χ1n) is 15.0. The minimum absolute atomic E-state index is 0.0163. The van der Waals surface area contributed by atoms with Gasteiger partial charge < -0.3 is 18.7 Å². The van der Waals surface area contributed by atoms with Crippen LogP contribution >= 0.6 is 0 Å². The third-order valence-electron chi connectivity index (χ3n) is 6.65. The lowest BCUT2D eigenvalue weighted by molar-refractivity contribution is 0.0653. The minimum Gasteiger partial charge on any atom is -0.489 e. The molecule has 0 saturated heterocycles. The summed E-state index contributed by atoms with van der Waals surface area (Å²) in [4.78, 5) is 0. The van der Waals surface area contributed by atoms with Crippen LogP contribution in [0.5, 0.6) is 5.75 Å². The van der Waals surface area contributed by atoms with Gasteiger partial charge in [-0.3, -0.25) is 0 Å². The van der Waals surface area contributed by atoms with E-state index in [4.69, 9.17) is 13.6 Å². The van der Waals surface area contributed by atoms with E-state index in [0.29, 0.717) is 6.61 Å². The van der Waals surface area contributed by atoms with Crippen LogP contribution in [0, 0.1) is 10.8 Å². The molecule has 2 atom stereocenters. The van der Waals surface area contributed by atoms with Gasteiger partial charge in [0, 0.05) is 0 Å². The number of hydrogen-bond donors (Lipinski definition) is 1. The normalized spacial score (nSPS) is 15.2. The Morgan fingerprint density at radius 2 is 1.37 bits per heavy atom. The number of rotatable bonds is 12. The van der Waals surface area contributed by atoms with Crippen LogP contribution in [0.2, 0.25) is 26.2 Å². The van der Waals surface area contributed by atoms with E-state index in [1.807, 2.05) is 12.2 Å². The molecule has 0 radical (unpaired) electrons. The lowest BCUT2D eigenvalue weighted by Crippen LogP contribution is -2.31. The molecule has 0 bridgehead atoms. The van der Waals surface area contributed by atoms with Gasteiger partial charge in [-0.15, -0.1) is 0 Å². The zero-order chi connectivity index (χ0) is 31.2. The summed E-state index contributed by atoms with van der Waals surface area (Å²) >= 11 is 0. The highest BCUT2D eigenvalue weighted by atomic mass is 28.3. The van der Waals surface area contributed by atoms with E-state index in [1.165, 1.54) is 11.1 Å². The lowest BCUT2D eigenvalue weighted by atomic mass is 9.77. The third kappa shape index (κ3) is 11.7. The standard InChI is InChI=1S/C35H56O4Si2/c1-25(16-15-21-35(8,9)36)27-18-14-17-26(22-27)24-37-28-19-20-29(31(33(2,3)4)38-40(10)11)30(23-28)32(34(5,6)7)39-41(12)13/h14-23,31-32,36,40-41H,24H2,1-13H3. The van der Waals surface area contributed by atoms with Crippen molar-refractivity contribution in [1.29, 1.82) is 0 Å². The highest BCUT2D eigenvalue weighted by Crippen LogP contribution is 2.46. The highest BCUT2D eigenvalue weighted by Gasteiger charge is 2.36. The summed E-state index contributed by atoms with van der Waals surface area (Å²) in [5, 5.41) is 9.95. The monoisotopic (exact) mass is 596 g/mol. The van der Waals surface area contributed by atoms with Gasteiger partial charge in [-0.25, -0.2) is 0 Å². The Morgan fingerprint density at radius 3 is 1.88 bits per heavy atom. The summed E-state index contributed by atoms with van der Waals surface area (Å²) in [6.07, 6.45) is 5.66. The maximum Gasteiger partial charge on any atom is 0.171 e. The van der Waals surface area contributed by atoms with Crippen molar-refractivity contribution in [3.63, 3.8) is 0 Å². The zero-order valence-electron chi connectivity index (χ0n) is 28.0. The van der Waals surface area contributed by atoms with Crippen LogP contribution in [0.4, 0.5) is 0 Å². The number of hydrogen-bond acceptors (Lipinski definition) is 4. The van der Waals surface area contributed by atoms with Gasteiger partial charge in [-0.2, -0.15) is 0 Å². The topological polar surface area (TPSA) is 47.9 Å². The van der Waals surface area contributed by atoms with E-state index in [9.17, 15) is 5.11 Å². The SMILES string of the molecule is CC(=CC=CC(C)(C)O)c1cccc(COc2ccc(C(O[SiH](C)C)C(C)(C)C)c(C(O[SiH](C)C)C(C)(C)C)c2)c1. The second-order valence-electron chi connectivity index (χ2n) is 14.5. The van der Waals surface area contributed by atoms with Crippen molar-refractivity contribution in [3.05, 3.63) is 82.9 Å². The van der Waals surface area contributed by atoms with Crippen LogP contribution in [-0.2, 0) is 15.5 Å². The van der Waals surface area contributed by atoms with Crippen molar-refractivity contribution in [2.24, 2.45) is 10.8 Å². The van der Waals surface area contributed by atoms with E-state index >= 15 is 0 Å². The maximum absolute atomic E-state index is 9.95. The molecule has 4 nitrogen and oxygen atoms in total. The molecule has 6 heteroatoms. The van der Waals surface area contributed by atoms with Crippen molar-refractivity contribution in [2.45, 2.75) is 113 Å². The second-order valence-corrected chi connectivity index (χ2v) is 19.2. The summed E-state index contributed by atoms with van der Waals surface area (Å²) < 4.78 is 19.8. The van der Waals surface area contributed by atoms with Gasteiger partial charge in [-0.05, 0) is 104 Å². The van der Waals surface area contributed by atoms with Gasteiger partial charge in [0.25, 0.3) is 0 Å². The van der Waals surface area contributed by atoms with Crippen molar-refractivity contribution in [2.75, 3.05) is 0 Å². The highest BCUT2D eigenvalue weighted by molar-refractivity contribution is 6.48. The van der Waals surface area contributed by atoms with Crippen molar-refractivity contribution in [1.82, 2.24) is 0 Å². The summed E-state index contributed by atoms with van der Waals surface area (Å²) in [5.74, 6) is 0.840. The molecule has 0 heterocycles. The van der Waals surface area contributed by atoms with Crippen LogP contribution in [0.25, 0.3) is 5.57 Å². The Kier molecular flexibility index (Phi) is 12.4. The zero-order valence-corrected chi connectivity index (χ0v) is 30.3. The fourth-order valence-electron chi connectivity index (χ4n) is 4.74. The van der Waals surface area contributed by atoms with E-state index in [-0.39, 0.29) is 23.0 Å². The predicted molar refractivity (Wildman–Crippen MR) is 181 cm³/mol. The van der Waals surface area contributed by atoms with Crippen LogP contribution in [0.1, 0.15) is 96.8 Å². The molecule has 2 unspecified atom stereocenters. The Labute approximate surface area is 254 Å². The first-order chi connectivity index (χ1) is 18.8. The van der Waals surface area contributed by atoms with Crippen LogP contribution in [0.3, 0.4) is 0 Å². The minimum atomic E-state index is -1.33. The Bertz CT molecular complexity index is 1180. The Balaban J connectivity index is 2.47. The number of ether oxygens (including phenoxy) is 1. The van der Waals surface area contributed by atoms with E-state index in [0.717, 1.165) is 22.4 Å². The third-order valence-corrected chi connectivity index (χ3v) is 8.28. The molecule has 0 aliphatic rings. The summed E-state index contributed by atoms with van der Waals surface area (Å²) in [6, 6.07) is 14.9. The largest absolute Gasteiger partial charge is 0.489 e. The summed E-state index contributed by atoms with van der Waals surface area (Å²) in [7, 11) is -2.63. The fraction of sp³-hybridized carbons (Fsp3) is 0.543. The van der Waals surface area contributed by atoms with E-state index in [2.05, 4.69) is 117 Å². The molecule has 0 saturated carbocycles. The molecule has 2 rings (SSSR count).